The van der Waals surface area contributed by atoms with Crippen molar-refractivity contribution < 1.29 is 13.2 Å². The van der Waals surface area contributed by atoms with E-state index in [2.05, 4.69) is 0 Å². The molecule has 2 fully saturated rings. The summed E-state index contributed by atoms with van der Waals surface area (Å²) < 4.78 is 39.2. The summed E-state index contributed by atoms with van der Waals surface area (Å²) in [5.74, 6) is 0.465. The van der Waals surface area contributed by atoms with Gasteiger partial charge >= 0.3 is 6.18 Å². The molecule has 2 aliphatic rings. The summed E-state index contributed by atoms with van der Waals surface area (Å²) in [5, 5.41) is 0. The molecule has 0 radical (unpaired) electrons. The summed E-state index contributed by atoms with van der Waals surface area (Å²) in [7, 11) is 0. The van der Waals surface area contributed by atoms with Gasteiger partial charge in [0.05, 0.1) is 0 Å². The number of fused-ring (bicyclic) bond motifs is 1. The van der Waals surface area contributed by atoms with E-state index in [1.807, 2.05) is 0 Å². The monoisotopic (exact) mass is 250 g/mol. The van der Waals surface area contributed by atoms with Crippen LogP contribution < -0.4 is 5.73 Å². The van der Waals surface area contributed by atoms with E-state index >= 15 is 0 Å². The molecule has 0 aromatic heterocycles. The zero-order chi connectivity index (χ0) is 12.6. The van der Waals surface area contributed by atoms with Crippen molar-refractivity contribution in [2.45, 2.75) is 63.3 Å². The summed E-state index contributed by atoms with van der Waals surface area (Å²) in [6, 6.07) is -2.20. The van der Waals surface area contributed by atoms with E-state index in [9.17, 15) is 13.2 Å². The highest BCUT2D eigenvalue weighted by atomic mass is 19.4. The van der Waals surface area contributed by atoms with Gasteiger partial charge in [-0.1, -0.05) is 12.8 Å². The topological polar surface area (TPSA) is 29.3 Å². The van der Waals surface area contributed by atoms with Gasteiger partial charge in [0.2, 0.25) is 0 Å². The maximum atomic E-state index is 13.1. The molecule has 0 aromatic carbocycles. The van der Waals surface area contributed by atoms with E-state index in [1.54, 1.807) is 4.90 Å². The van der Waals surface area contributed by atoms with Crippen LogP contribution >= 0.6 is 0 Å². The summed E-state index contributed by atoms with van der Waals surface area (Å²) in [6.07, 6.45) is 0.921. The lowest BCUT2D eigenvalue weighted by molar-refractivity contribution is -0.192. The number of nitrogens with two attached hydrogens (primary N) is 1. The third kappa shape index (κ3) is 2.60. The zero-order valence-corrected chi connectivity index (χ0v) is 10.2. The minimum atomic E-state index is -4.21. The summed E-state index contributed by atoms with van der Waals surface area (Å²) in [5.41, 5.74) is 5.56. The first-order valence-electron chi connectivity index (χ1n) is 6.49. The molecule has 0 spiro atoms. The molecule has 4 atom stereocenters. The van der Waals surface area contributed by atoms with E-state index in [4.69, 9.17) is 5.73 Å². The third-order valence-corrected chi connectivity index (χ3v) is 4.24. The quantitative estimate of drug-likeness (QED) is 0.816. The number of hydrogen-bond donors (Lipinski definition) is 1. The highest BCUT2D eigenvalue weighted by molar-refractivity contribution is 4.97. The van der Waals surface area contributed by atoms with Gasteiger partial charge < -0.3 is 5.73 Å². The van der Waals surface area contributed by atoms with Crippen LogP contribution in [0.3, 0.4) is 0 Å². The molecule has 1 saturated heterocycles. The first kappa shape index (κ1) is 13.1. The second kappa shape index (κ2) is 4.76. The van der Waals surface area contributed by atoms with Crippen LogP contribution in [-0.2, 0) is 0 Å². The van der Waals surface area contributed by atoms with Gasteiger partial charge in [-0.2, -0.15) is 13.2 Å². The first-order valence-corrected chi connectivity index (χ1v) is 6.49. The van der Waals surface area contributed by atoms with E-state index in [1.165, 1.54) is 13.3 Å². The van der Waals surface area contributed by atoms with Crippen molar-refractivity contribution in [2.75, 3.05) is 6.54 Å². The van der Waals surface area contributed by atoms with Crippen LogP contribution in [0, 0.1) is 5.92 Å². The standard InChI is InChI=1S/C12H21F3N2/c1-8(16)11(12(13,14)15)17-7-6-9-4-2-3-5-10(9)17/h8-11H,2-7,16H2,1H3. The molecular formula is C12H21F3N2. The zero-order valence-electron chi connectivity index (χ0n) is 10.2. The van der Waals surface area contributed by atoms with Crippen molar-refractivity contribution in [2.24, 2.45) is 11.7 Å². The van der Waals surface area contributed by atoms with Gasteiger partial charge in [-0.3, -0.25) is 4.90 Å². The Morgan fingerprint density at radius 1 is 1.18 bits per heavy atom. The highest BCUT2D eigenvalue weighted by Gasteiger charge is 2.51. The molecule has 1 aliphatic carbocycles. The fourth-order valence-electron chi connectivity index (χ4n) is 3.58. The Balaban J connectivity index is 2.14. The van der Waals surface area contributed by atoms with Crippen molar-refractivity contribution in [3.63, 3.8) is 0 Å². The SMILES string of the molecule is CC(N)C(N1CCC2CCCCC21)C(F)(F)F. The van der Waals surface area contributed by atoms with Crippen LogP contribution in [0.4, 0.5) is 13.2 Å². The molecule has 1 heterocycles. The number of rotatable bonds is 2. The van der Waals surface area contributed by atoms with Crippen LogP contribution in [-0.4, -0.2) is 35.7 Å². The Morgan fingerprint density at radius 2 is 1.82 bits per heavy atom. The normalized spacial score (nSPS) is 34.4. The van der Waals surface area contributed by atoms with Crippen molar-refractivity contribution in [3.8, 4) is 0 Å². The lowest BCUT2D eigenvalue weighted by Gasteiger charge is -2.39. The number of alkyl halides is 3. The first-order chi connectivity index (χ1) is 7.91. The van der Waals surface area contributed by atoms with Gasteiger partial charge in [-0.05, 0) is 38.6 Å². The van der Waals surface area contributed by atoms with Gasteiger partial charge in [0.1, 0.15) is 6.04 Å². The molecule has 4 unspecified atom stereocenters. The van der Waals surface area contributed by atoms with Crippen LogP contribution in [0.5, 0.6) is 0 Å². The van der Waals surface area contributed by atoms with Gasteiger partial charge in [-0.25, -0.2) is 0 Å². The average Bonchev–Trinajstić information content (AvgIpc) is 2.60. The Morgan fingerprint density at radius 3 is 2.41 bits per heavy atom. The van der Waals surface area contributed by atoms with Crippen molar-refractivity contribution in [1.82, 2.24) is 4.90 Å². The molecule has 1 aliphatic heterocycles. The van der Waals surface area contributed by atoms with Gasteiger partial charge in [0, 0.05) is 12.1 Å². The Bertz CT molecular complexity index is 265. The molecule has 2 nitrogen and oxygen atoms in total. The summed E-state index contributed by atoms with van der Waals surface area (Å²) in [6.45, 7) is 2.02. The molecule has 2 rings (SSSR count). The minimum Gasteiger partial charge on any atom is -0.326 e. The number of halogens is 3. The van der Waals surface area contributed by atoms with Crippen molar-refractivity contribution in [1.29, 1.82) is 0 Å². The van der Waals surface area contributed by atoms with Crippen LogP contribution in [0.2, 0.25) is 0 Å². The second-order valence-corrected chi connectivity index (χ2v) is 5.48. The fraction of sp³-hybridized carbons (Fsp3) is 1.00. The van der Waals surface area contributed by atoms with E-state index < -0.39 is 18.3 Å². The third-order valence-electron chi connectivity index (χ3n) is 4.24. The number of likely N-dealkylation sites (tertiary alicyclic amines) is 1. The second-order valence-electron chi connectivity index (χ2n) is 5.48. The number of hydrogen-bond acceptors (Lipinski definition) is 2. The fourth-order valence-corrected chi connectivity index (χ4v) is 3.58. The predicted octanol–water partition coefficient (Wildman–Crippen LogP) is 2.53. The highest BCUT2D eigenvalue weighted by Crippen LogP contribution is 2.40. The van der Waals surface area contributed by atoms with Gasteiger partial charge in [0.15, 0.2) is 0 Å². The summed E-state index contributed by atoms with van der Waals surface area (Å²) >= 11 is 0. The van der Waals surface area contributed by atoms with Gasteiger partial charge in [-0.15, -0.1) is 0 Å². The molecule has 2 N–H and O–H groups in total. The molecule has 0 aromatic rings. The molecule has 0 bridgehead atoms. The Kier molecular flexibility index (Phi) is 3.69. The van der Waals surface area contributed by atoms with E-state index in [-0.39, 0.29) is 6.04 Å². The van der Waals surface area contributed by atoms with Crippen LogP contribution in [0.15, 0.2) is 0 Å². The lowest BCUT2D eigenvalue weighted by Crippen LogP contribution is -2.57. The molecular weight excluding hydrogens is 229 g/mol. The van der Waals surface area contributed by atoms with E-state index in [0.717, 1.165) is 25.7 Å². The smallest absolute Gasteiger partial charge is 0.326 e. The number of nitrogens with zero attached hydrogens (tertiary/aromatic N) is 1. The lowest BCUT2D eigenvalue weighted by atomic mass is 9.84. The Labute approximate surface area is 100 Å². The Hall–Kier alpha value is -0.290. The predicted molar refractivity (Wildman–Crippen MR) is 60.6 cm³/mol. The van der Waals surface area contributed by atoms with Crippen LogP contribution in [0.1, 0.15) is 39.0 Å². The van der Waals surface area contributed by atoms with Crippen LogP contribution in [0.25, 0.3) is 0 Å². The molecule has 17 heavy (non-hydrogen) atoms. The largest absolute Gasteiger partial charge is 0.405 e. The maximum absolute atomic E-state index is 13.1. The van der Waals surface area contributed by atoms with Crippen molar-refractivity contribution >= 4 is 0 Å². The van der Waals surface area contributed by atoms with Crippen molar-refractivity contribution in [3.05, 3.63) is 0 Å². The van der Waals surface area contributed by atoms with Gasteiger partial charge in [0.25, 0.3) is 0 Å². The van der Waals surface area contributed by atoms with E-state index in [0.29, 0.717) is 12.5 Å². The molecule has 5 heteroatoms. The molecule has 1 saturated carbocycles. The molecule has 0 amide bonds. The minimum absolute atomic E-state index is 0.112. The summed E-state index contributed by atoms with van der Waals surface area (Å²) in [4.78, 5) is 1.63. The maximum Gasteiger partial charge on any atom is 0.405 e. The average molecular weight is 250 g/mol. The molecule has 100 valence electrons.